The molecule has 5 nitrogen and oxygen atoms in total. The smallest absolute Gasteiger partial charge is 0.336 e. The lowest BCUT2D eigenvalue weighted by Crippen LogP contribution is -2.25. The molecule has 1 aliphatic rings. The van der Waals surface area contributed by atoms with E-state index in [1.807, 2.05) is 0 Å². The van der Waals surface area contributed by atoms with E-state index in [2.05, 4.69) is 0 Å². The minimum Gasteiger partial charge on any atom is -0.478 e. The van der Waals surface area contributed by atoms with E-state index in [1.54, 1.807) is 48.5 Å². The molecule has 5 heteroatoms. The Morgan fingerprint density at radius 1 is 0.714 bits per heavy atom. The van der Waals surface area contributed by atoms with Crippen molar-refractivity contribution in [2.45, 2.75) is 6.42 Å². The summed E-state index contributed by atoms with van der Waals surface area (Å²) in [4.78, 5) is 50.4. The van der Waals surface area contributed by atoms with Gasteiger partial charge in [-0.1, -0.05) is 54.6 Å². The first-order chi connectivity index (χ1) is 13.5. The van der Waals surface area contributed by atoms with Crippen molar-refractivity contribution in [3.05, 3.63) is 106 Å². The average Bonchev–Trinajstić information content (AvgIpc) is 2.72. The van der Waals surface area contributed by atoms with Gasteiger partial charge in [0.2, 0.25) is 0 Å². The summed E-state index contributed by atoms with van der Waals surface area (Å²) in [6, 6.07) is 17.5. The van der Waals surface area contributed by atoms with Crippen LogP contribution in [0, 0.1) is 0 Å². The largest absolute Gasteiger partial charge is 0.478 e. The number of fused-ring (bicyclic) bond motifs is 2. The highest BCUT2D eigenvalue weighted by molar-refractivity contribution is 6.29. The van der Waals surface area contributed by atoms with Crippen LogP contribution in [-0.2, 0) is 6.42 Å². The Morgan fingerprint density at radius 3 is 1.96 bits per heavy atom. The Balaban J connectivity index is 1.91. The number of hydrogen-bond acceptors (Lipinski definition) is 4. The molecule has 0 unspecified atom stereocenters. The van der Waals surface area contributed by atoms with Crippen molar-refractivity contribution in [3.63, 3.8) is 0 Å². The number of rotatable bonds is 4. The highest BCUT2D eigenvalue weighted by Gasteiger charge is 2.34. The normalized spacial score (nSPS) is 12.3. The number of hydrogen-bond donors (Lipinski definition) is 1. The number of carboxylic acid groups (broad SMARTS) is 1. The molecular weight excluding hydrogens is 356 g/mol. The van der Waals surface area contributed by atoms with E-state index in [4.69, 9.17) is 0 Å². The monoisotopic (exact) mass is 370 g/mol. The second kappa shape index (κ2) is 6.70. The third-order valence-corrected chi connectivity index (χ3v) is 4.86. The Kier molecular flexibility index (Phi) is 4.20. The number of Topliss-reactive ketones (excluding diaryl/α,β-unsaturated/α-hetero) is 1. The van der Waals surface area contributed by atoms with Crippen LogP contribution in [0.1, 0.15) is 58.1 Å². The van der Waals surface area contributed by atoms with Gasteiger partial charge >= 0.3 is 5.97 Å². The fourth-order valence-corrected chi connectivity index (χ4v) is 3.53. The van der Waals surface area contributed by atoms with Crippen molar-refractivity contribution < 1.29 is 24.3 Å². The van der Waals surface area contributed by atoms with Crippen LogP contribution in [0.3, 0.4) is 0 Å². The van der Waals surface area contributed by atoms with E-state index in [0.29, 0.717) is 5.56 Å². The number of aromatic carboxylic acids is 1. The lowest BCUT2D eigenvalue weighted by atomic mass is 9.79. The van der Waals surface area contributed by atoms with E-state index in [9.17, 15) is 24.3 Å². The van der Waals surface area contributed by atoms with Crippen molar-refractivity contribution in [2.75, 3.05) is 0 Å². The molecule has 1 aliphatic carbocycles. The quantitative estimate of drug-likeness (QED) is 0.555. The first kappa shape index (κ1) is 17.5. The van der Waals surface area contributed by atoms with Gasteiger partial charge in [-0.15, -0.1) is 0 Å². The zero-order chi connectivity index (χ0) is 19.8. The zero-order valence-electron chi connectivity index (χ0n) is 14.6. The molecule has 0 aliphatic heterocycles. The molecule has 0 saturated carbocycles. The maximum absolute atomic E-state index is 13.1. The molecule has 4 rings (SSSR count). The molecule has 0 fully saturated rings. The van der Waals surface area contributed by atoms with Crippen molar-refractivity contribution in [3.8, 4) is 0 Å². The predicted molar refractivity (Wildman–Crippen MR) is 101 cm³/mol. The standard InChI is InChI=1S/C23H14O5/c24-19(13-6-2-1-3-7-13)12-18-16(23(27)28)10-11-17-20(18)22(26)15-9-5-4-8-14(15)21(17)25/h1-11H,12H2,(H,27,28). The number of ketones is 3. The second-order valence-corrected chi connectivity index (χ2v) is 6.49. The van der Waals surface area contributed by atoms with Crippen LogP contribution in [0.2, 0.25) is 0 Å². The summed E-state index contributed by atoms with van der Waals surface area (Å²) in [6.07, 6.45) is -0.282. The number of carbonyl (C=O) groups excluding carboxylic acids is 3. The Morgan fingerprint density at radius 2 is 1.32 bits per heavy atom. The van der Waals surface area contributed by atoms with Crippen molar-refractivity contribution in [2.24, 2.45) is 0 Å². The van der Waals surface area contributed by atoms with Gasteiger partial charge in [0.15, 0.2) is 17.3 Å². The summed E-state index contributed by atoms with van der Waals surface area (Å²) in [5.41, 5.74) is 0.971. The van der Waals surface area contributed by atoms with Crippen LogP contribution < -0.4 is 0 Å². The third kappa shape index (κ3) is 2.74. The predicted octanol–water partition coefficient (Wildman–Crippen LogP) is 3.59. The van der Waals surface area contributed by atoms with Crippen molar-refractivity contribution in [1.82, 2.24) is 0 Å². The average molecular weight is 370 g/mol. The maximum atomic E-state index is 13.1. The Labute approximate surface area is 160 Å². The summed E-state index contributed by atoms with van der Waals surface area (Å²) in [5.74, 6) is -2.37. The maximum Gasteiger partial charge on any atom is 0.336 e. The molecular formula is C23H14O5. The van der Waals surface area contributed by atoms with Gasteiger partial charge in [0.05, 0.1) is 5.56 Å². The third-order valence-electron chi connectivity index (χ3n) is 4.86. The summed E-state index contributed by atoms with van der Waals surface area (Å²) in [5, 5.41) is 9.59. The van der Waals surface area contributed by atoms with Crippen molar-refractivity contribution in [1.29, 1.82) is 0 Å². The fraction of sp³-hybridized carbons (Fsp3) is 0.0435. The summed E-state index contributed by atoms with van der Waals surface area (Å²) < 4.78 is 0. The molecule has 3 aromatic carbocycles. The first-order valence-corrected chi connectivity index (χ1v) is 8.65. The molecule has 0 radical (unpaired) electrons. The Bertz CT molecular complexity index is 1160. The lowest BCUT2D eigenvalue weighted by Gasteiger charge is -2.21. The molecule has 1 N–H and O–H groups in total. The van der Waals surface area contributed by atoms with Gasteiger partial charge in [-0.25, -0.2) is 4.79 Å². The second-order valence-electron chi connectivity index (χ2n) is 6.49. The van der Waals surface area contributed by atoms with Crippen LogP contribution >= 0.6 is 0 Å². The molecule has 0 amide bonds. The molecule has 0 heterocycles. The first-order valence-electron chi connectivity index (χ1n) is 8.65. The molecule has 3 aromatic rings. The minimum absolute atomic E-state index is 0.00730. The van der Waals surface area contributed by atoms with Gasteiger partial charge in [-0.3, -0.25) is 14.4 Å². The number of benzene rings is 3. The van der Waals surface area contributed by atoms with E-state index in [1.165, 1.54) is 18.2 Å². The van der Waals surface area contributed by atoms with Crippen LogP contribution in [-0.4, -0.2) is 28.4 Å². The van der Waals surface area contributed by atoms with Gasteiger partial charge in [-0.2, -0.15) is 0 Å². The SMILES string of the molecule is O=C(Cc1c(C(=O)O)ccc2c1C(=O)c1ccccc1C2=O)c1ccccc1. The molecule has 0 bridgehead atoms. The molecule has 136 valence electrons. The summed E-state index contributed by atoms with van der Waals surface area (Å²) in [7, 11) is 0. The Hall–Kier alpha value is -3.86. The van der Waals surface area contributed by atoms with Gasteiger partial charge in [0, 0.05) is 34.2 Å². The van der Waals surface area contributed by atoms with Crippen LogP contribution in [0.15, 0.2) is 66.7 Å². The zero-order valence-corrected chi connectivity index (χ0v) is 14.6. The minimum atomic E-state index is -1.25. The van der Waals surface area contributed by atoms with Crippen LogP contribution in [0.5, 0.6) is 0 Å². The topological polar surface area (TPSA) is 88.5 Å². The van der Waals surface area contributed by atoms with E-state index < -0.39 is 11.8 Å². The highest BCUT2D eigenvalue weighted by atomic mass is 16.4. The summed E-state index contributed by atoms with van der Waals surface area (Å²) in [6.45, 7) is 0. The van der Waals surface area contributed by atoms with Crippen LogP contribution in [0.4, 0.5) is 0 Å². The van der Waals surface area contributed by atoms with Gasteiger partial charge in [-0.05, 0) is 17.7 Å². The fourth-order valence-electron chi connectivity index (χ4n) is 3.53. The van der Waals surface area contributed by atoms with Gasteiger partial charge in [0.25, 0.3) is 0 Å². The number of carbonyl (C=O) groups is 4. The number of carboxylic acids is 1. The summed E-state index contributed by atoms with van der Waals surface area (Å²) >= 11 is 0. The highest BCUT2D eigenvalue weighted by Crippen LogP contribution is 2.32. The van der Waals surface area contributed by atoms with E-state index in [-0.39, 0.29) is 51.4 Å². The lowest BCUT2D eigenvalue weighted by molar-refractivity contribution is 0.0695. The molecule has 0 spiro atoms. The molecule has 28 heavy (non-hydrogen) atoms. The van der Waals surface area contributed by atoms with Crippen molar-refractivity contribution >= 4 is 23.3 Å². The van der Waals surface area contributed by atoms with Crippen LogP contribution in [0.25, 0.3) is 0 Å². The van der Waals surface area contributed by atoms with Gasteiger partial charge < -0.3 is 5.11 Å². The molecule has 0 aromatic heterocycles. The van der Waals surface area contributed by atoms with E-state index in [0.717, 1.165) is 0 Å². The molecule has 0 atom stereocenters. The molecule has 0 saturated heterocycles. The van der Waals surface area contributed by atoms with E-state index >= 15 is 0 Å². The van der Waals surface area contributed by atoms with Gasteiger partial charge in [0.1, 0.15) is 0 Å².